The Morgan fingerprint density at radius 2 is 1.63 bits per heavy atom. The number of anilines is 1. The highest BCUT2D eigenvalue weighted by Gasteiger charge is 2.15. The van der Waals surface area contributed by atoms with Crippen LogP contribution in [0.4, 0.5) is 10.5 Å². The molecule has 2 aromatic rings. The molecule has 3 N–H and O–H groups in total. The van der Waals surface area contributed by atoms with E-state index in [2.05, 4.69) is 16.0 Å². The maximum absolute atomic E-state index is 12.5. The number of carbonyl (C=O) groups excluding carboxylic acids is 2. The fourth-order valence-corrected chi connectivity index (χ4v) is 2.68. The van der Waals surface area contributed by atoms with Gasteiger partial charge in [-0.1, -0.05) is 17.7 Å². The third-order valence-electron chi connectivity index (χ3n) is 4.02. The summed E-state index contributed by atoms with van der Waals surface area (Å²) in [5, 5.41) is 8.46. The topological polar surface area (TPSA) is 79.5 Å². The normalized spacial score (nSPS) is 11.6. The standard InChI is InChI=1S/C21H27N3O3/c1-13(2)22-21(26)24-17-9-7-16(8-10-17)20(25)23-15(4)18-12-14(3)6-11-19(18)27-5/h6-13,15H,1-5H3,(H,23,25)(H2,22,24,26). The lowest BCUT2D eigenvalue weighted by atomic mass is 10.0. The van der Waals surface area contributed by atoms with Crippen LogP contribution in [0.25, 0.3) is 0 Å². The van der Waals surface area contributed by atoms with E-state index < -0.39 is 0 Å². The molecule has 0 aliphatic carbocycles. The Balaban J connectivity index is 2.03. The molecular weight excluding hydrogens is 342 g/mol. The third kappa shape index (κ3) is 5.74. The molecule has 27 heavy (non-hydrogen) atoms. The summed E-state index contributed by atoms with van der Waals surface area (Å²) >= 11 is 0. The Morgan fingerprint density at radius 1 is 0.963 bits per heavy atom. The van der Waals surface area contributed by atoms with E-state index in [9.17, 15) is 9.59 Å². The Labute approximate surface area is 160 Å². The van der Waals surface area contributed by atoms with Crippen LogP contribution in [0.2, 0.25) is 0 Å². The number of amides is 3. The van der Waals surface area contributed by atoms with Gasteiger partial charge in [-0.25, -0.2) is 4.79 Å². The molecule has 6 nitrogen and oxygen atoms in total. The first kappa shape index (κ1) is 20.3. The number of hydrogen-bond acceptors (Lipinski definition) is 3. The van der Waals surface area contributed by atoms with E-state index in [1.54, 1.807) is 31.4 Å². The molecule has 0 spiro atoms. The molecule has 0 radical (unpaired) electrons. The number of ether oxygens (including phenoxy) is 1. The van der Waals surface area contributed by atoms with Gasteiger partial charge in [-0.15, -0.1) is 0 Å². The van der Waals surface area contributed by atoms with E-state index in [0.717, 1.165) is 16.9 Å². The second-order valence-electron chi connectivity index (χ2n) is 6.77. The summed E-state index contributed by atoms with van der Waals surface area (Å²) in [5.74, 6) is 0.549. The van der Waals surface area contributed by atoms with Gasteiger partial charge in [0.15, 0.2) is 0 Å². The fraction of sp³-hybridized carbons (Fsp3) is 0.333. The summed E-state index contributed by atoms with van der Waals surface area (Å²) in [6.07, 6.45) is 0. The quantitative estimate of drug-likeness (QED) is 0.719. The minimum Gasteiger partial charge on any atom is -0.496 e. The van der Waals surface area contributed by atoms with Crippen molar-refractivity contribution in [1.82, 2.24) is 10.6 Å². The summed E-state index contributed by atoms with van der Waals surface area (Å²) < 4.78 is 5.39. The largest absolute Gasteiger partial charge is 0.496 e. The van der Waals surface area contributed by atoms with Gasteiger partial charge in [0.2, 0.25) is 0 Å². The first-order valence-electron chi connectivity index (χ1n) is 8.93. The zero-order chi connectivity index (χ0) is 20.0. The highest BCUT2D eigenvalue weighted by molar-refractivity contribution is 5.95. The molecule has 1 unspecified atom stereocenters. The third-order valence-corrected chi connectivity index (χ3v) is 4.02. The maximum atomic E-state index is 12.5. The van der Waals surface area contributed by atoms with Crippen LogP contribution < -0.4 is 20.7 Å². The average Bonchev–Trinajstić information content (AvgIpc) is 2.61. The Hall–Kier alpha value is -3.02. The van der Waals surface area contributed by atoms with Crippen LogP contribution in [0, 0.1) is 6.92 Å². The lowest BCUT2D eigenvalue weighted by Gasteiger charge is -2.18. The molecule has 0 saturated heterocycles. The van der Waals surface area contributed by atoms with Gasteiger partial charge in [0.05, 0.1) is 13.2 Å². The molecule has 0 fully saturated rings. The van der Waals surface area contributed by atoms with Crippen molar-refractivity contribution in [1.29, 1.82) is 0 Å². The highest BCUT2D eigenvalue weighted by Crippen LogP contribution is 2.26. The van der Waals surface area contributed by atoms with Crippen LogP contribution in [0.3, 0.4) is 0 Å². The number of methoxy groups -OCH3 is 1. The van der Waals surface area contributed by atoms with E-state index in [0.29, 0.717) is 11.3 Å². The maximum Gasteiger partial charge on any atom is 0.319 e. The minimum absolute atomic E-state index is 0.0511. The van der Waals surface area contributed by atoms with Crippen molar-refractivity contribution in [3.05, 3.63) is 59.2 Å². The first-order chi connectivity index (χ1) is 12.8. The first-order valence-corrected chi connectivity index (χ1v) is 8.93. The van der Waals surface area contributed by atoms with Gasteiger partial charge in [-0.05, 0) is 58.0 Å². The molecule has 0 aliphatic heterocycles. The van der Waals surface area contributed by atoms with Crippen molar-refractivity contribution in [2.75, 3.05) is 12.4 Å². The summed E-state index contributed by atoms with van der Waals surface area (Å²) in [7, 11) is 1.61. The summed E-state index contributed by atoms with van der Waals surface area (Å²) in [4.78, 5) is 24.3. The second kappa shape index (κ2) is 9.07. The number of nitrogens with one attached hydrogen (secondary N) is 3. The highest BCUT2D eigenvalue weighted by atomic mass is 16.5. The van der Waals surface area contributed by atoms with Gasteiger partial charge in [-0.2, -0.15) is 0 Å². The van der Waals surface area contributed by atoms with E-state index in [1.807, 2.05) is 45.9 Å². The van der Waals surface area contributed by atoms with Gasteiger partial charge in [0, 0.05) is 22.9 Å². The van der Waals surface area contributed by atoms with Crippen LogP contribution in [-0.2, 0) is 0 Å². The average molecular weight is 369 g/mol. The molecule has 1 atom stereocenters. The summed E-state index contributed by atoms with van der Waals surface area (Å²) in [5.41, 5.74) is 3.16. The molecule has 6 heteroatoms. The smallest absolute Gasteiger partial charge is 0.319 e. The van der Waals surface area contributed by atoms with Crippen molar-refractivity contribution in [2.45, 2.75) is 39.8 Å². The number of aryl methyl sites for hydroxylation is 1. The molecule has 3 amide bonds. The number of benzene rings is 2. The van der Waals surface area contributed by atoms with Crippen LogP contribution in [0.1, 0.15) is 48.3 Å². The van der Waals surface area contributed by atoms with E-state index in [-0.39, 0.29) is 24.0 Å². The van der Waals surface area contributed by atoms with Crippen molar-refractivity contribution >= 4 is 17.6 Å². The summed E-state index contributed by atoms with van der Waals surface area (Å²) in [6.45, 7) is 7.69. The molecule has 2 aromatic carbocycles. The van der Waals surface area contributed by atoms with E-state index in [1.165, 1.54) is 0 Å². The molecule has 0 saturated carbocycles. The van der Waals surface area contributed by atoms with Crippen molar-refractivity contribution < 1.29 is 14.3 Å². The Bertz CT molecular complexity index is 801. The SMILES string of the molecule is COc1ccc(C)cc1C(C)NC(=O)c1ccc(NC(=O)NC(C)C)cc1. The van der Waals surface area contributed by atoms with Crippen LogP contribution >= 0.6 is 0 Å². The Kier molecular flexibility index (Phi) is 6.82. The second-order valence-corrected chi connectivity index (χ2v) is 6.77. The molecule has 0 aromatic heterocycles. The van der Waals surface area contributed by atoms with Crippen LogP contribution in [-0.4, -0.2) is 25.1 Å². The molecule has 0 bridgehead atoms. The lowest BCUT2D eigenvalue weighted by molar-refractivity contribution is 0.0939. The predicted molar refractivity (Wildman–Crippen MR) is 107 cm³/mol. The van der Waals surface area contributed by atoms with Crippen LogP contribution in [0.5, 0.6) is 5.75 Å². The van der Waals surface area contributed by atoms with Gasteiger partial charge in [0.1, 0.15) is 5.75 Å². The monoisotopic (exact) mass is 369 g/mol. The van der Waals surface area contributed by atoms with Gasteiger partial charge in [-0.3, -0.25) is 4.79 Å². The minimum atomic E-state index is -0.276. The van der Waals surface area contributed by atoms with Gasteiger partial charge >= 0.3 is 6.03 Å². The van der Waals surface area contributed by atoms with Crippen molar-refractivity contribution in [2.24, 2.45) is 0 Å². The van der Waals surface area contributed by atoms with E-state index in [4.69, 9.17) is 4.74 Å². The van der Waals surface area contributed by atoms with Crippen molar-refractivity contribution in [3.63, 3.8) is 0 Å². The molecule has 0 heterocycles. The number of rotatable bonds is 6. The van der Waals surface area contributed by atoms with Gasteiger partial charge < -0.3 is 20.7 Å². The lowest BCUT2D eigenvalue weighted by Crippen LogP contribution is -2.34. The number of urea groups is 1. The Morgan fingerprint density at radius 3 is 2.22 bits per heavy atom. The fourth-order valence-electron chi connectivity index (χ4n) is 2.68. The van der Waals surface area contributed by atoms with E-state index >= 15 is 0 Å². The van der Waals surface area contributed by atoms with Crippen LogP contribution in [0.15, 0.2) is 42.5 Å². The molecule has 144 valence electrons. The predicted octanol–water partition coefficient (Wildman–Crippen LogP) is 4.02. The zero-order valence-corrected chi connectivity index (χ0v) is 16.4. The number of carbonyl (C=O) groups is 2. The molecular formula is C21H27N3O3. The molecule has 2 rings (SSSR count). The number of hydrogen-bond donors (Lipinski definition) is 3. The summed E-state index contributed by atoms with van der Waals surface area (Å²) in [6, 6.07) is 12.2. The molecule has 0 aliphatic rings. The zero-order valence-electron chi connectivity index (χ0n) is 16.4. The van der Waals surface area contributed by atoms with Crippen molar-refractivity contribution in [3.8, 4) is 5.75 Å². The van der Waals surface area contributed by atoms with Gasteiger partial charge in [0.25, 0.3) is 5.91 Å².